The predicted octanol–water partition coefficient (Wildman–Crippen LogP) is 1.61. The van der Waals surface area contributed by atoms with Crippen LogP contribution in [0.4, 0.5) is 0 Å². The molecule has 2 nitrogen and oxygen atoms in total. The molecule has 1 rings (SSSR count). The van der Waals surface area contributed by atoms with Crippen LogP contribution in [0.3, 0.4) is 0 Å². The molecule has 82 valence electrons. The zero-order valence-corrected chi connectivity index (χ0v) is 11.0. The molecule has 1 atom stereocenters. The zero-order valence-electron chi connectivity index (χ0n) is 8.48. The quantitative estimate of drug-likeness (QED) is 0.468. The van der Waals surface area contributed by atoms with Gasteiger partial charge in [-0.1, -0.05) is 0 Å². The van der Waals surface area contributed by atoms with Crippen LogP contribution in [0, 0.1) is 0 Å². The van der Waals surface area contributed by atoms with Crippen LogP contribution >= 0.6 is 11.6 Å². The third-order valence-corrected chi connectivity index (χ3v) is 4.93. The molecule has 0 bridgehead atoms. The van der Waals surface area contributed by atoms with Crippen molar-refractivity contribution in [2.75, 3.05) is 12.5 Å². The summed E-state index contributed by atoms with van der Waals surface area (Å²) in [4.78, 5) is 11.3. The first-order chi connectivity index (χ1) is 7.27. The van der Waals surface area contributed by atoms with Crippen LogP contribution in [0.5, 0.6) is 0 Å². The Balaban J connectivity index is 2.58. The molecule has 1 aromatic carbocycles. The Bertz CT molecular complexity index is 303. The van der Waals surface area contributed by atoms with E-state index in [1.165, 1.54) is 4.46 Å². The molecule has 0 spiro atoms. The van der Waals surface area contributed by atoms with E-state index in [1.807, 2.05) is 30.3 Å². The first-order valence-corrected chi connectivity index (χ1v) is 7.10. The van der Waals surface area contributed by atoms with Gasteiger partial charge in [0.2, 0.25) is 0 Å². The maximum atomic E-state index is 11.5. The van der Waals surface area contributed by atoms with Crippen molar-refractivity contribution < 1.29 is 9.53 Å². The van der Waals surface area contributed by atoms with Gasteiger partial charge in [-0.15, -0.1) is 0 Å². The summed E-state index contributed by atoms with van der Waals surface area (Å²) in [5.41, 5.74) is 0. The van der Waals surface area contributed by atoms with Crippen LogP contribution in [-0.2, 0) is 9.53 Å². The van der Waals surface area contributed by atoms with E-state index in [0.29, 0.717) is 12.5 Å². The van der Waals surface area contributed by atoms with Crippen molar-refractivity contribution in [1.29, 1.82) is 0 Å². The van der Waals surface area contributed by atoms with Crippen molar-refractivity contribution in [2.24, 2.45) is 0 Å². The Kier molecular flexibility index (Phi) is 5.77. The molecule has 0 amide bonds. The van der Waals surface area contributed by atoms with Crippen LogP contribution in [0.1, 0.15) is 6.92 Å². The van der Waals surface area contributed by atoms with Gasteiger partial charge >= 0.3 is 101 Å². The number of carbonyl (C=O) groups is 1. The number of hydrogen-bond donors (Lipinski definition) is 0. The van der Waals surface area contributed by atoms with Crippen molar-refractivity contribution >= 4 is 37.0 Å². The molecule has 0 aliphatic rings. The van der Waals surface area contributed by atoms with E-state index in [-0.39, 0.29) is 25.7 Å². The van der Waals surface area contributed by atoms with Gasteiger partial charge in [0.25, 0.3) is 0 Å². The molecule has 0 aliphatic heterocycles. The van der Waals surface area contributed by atoms with Crippen molar-refractivity contribution in [2.45, 2.75) is 11.7 Å². The zero-order chi connectivity index (χ0) is 11.1. The summed E-state index contributed by atoms with van der Waals surface area (Å²) in [6, 6.07) is 9.91. The van der Waals surface area contributed by atoms with E-state index in [9.17, 15) is 4.79 Å². The first-order valence-electron chi connectivity index (χ1n) is 4.72. The van der Waals surface area contributed by atoms with Crippen molar-refractivity contribution in [1.82, 2.24) is 0 Å². The molecular formula is C11H13ClO2Se. The van der Waals surface area contributed by atoms with E-state index in [0.717, 1.165) is 0 Å². The standard InChI is InChI=1S/C11H13ClO2Se/c1-2-14-11(13)10(8-12)15-9-6-4-3-5-7-9/h3-7,10H,2,8H2,1H3. The molecule has 15 heavy (non-hydrogen) atoms. The first kappa shape index (κ1) is 12.6. The molecule has 1 aromatic rings. The van der Waals surface area contributed by atoms with Crippen molar-refractivity contribution in [3.05, 3.63) is 30.3 Å². The van der Waals surface area contributed by atoms with Gasteiger partial charge in [0, 0.05) is 0 Å². The number of ether oxygens (including phenoxy) is 1. The topological polar surface area (TPSA) is 26.3 Å². The Hall–Kier alpha value is -0.501. The Labute approximate surface area is 101 Å². The fourth-order valence-corrected chi connectivity index (χ4v) is 3.32. The average molecular weight is 292 g/mol. The van der Waals surface area contributed by atoms with E-state index in [1.54, 1.807) is 6.92 Å². The summed E-state index contributed by atoms with van der Waals surface area (Å²) in [6.45, 7) is 2.22. The van der Waals surface area contributed by atoms with Gasteiger partial charge < -0.3 is 0 Å². The summed E-state index contributed by atoms with van der Waals surface area (Å²) in [5.74, 6) is 0.143. The normalized spacial score (nSPS) is 12.1. The second kappa shape index (κ2) is 6.89. The van der Waals surface area contributed by atoms with Gasteiger partial charge in [-0.2, -0.15) is 0 Å². The maximum absolute atomic E-state index is 11.5. The number of halogens is 1. The number of benzene rings is 1. The van der Waals surface area contributed by atoms with E-state index in [2.05, 4.69) is 0 Å². The predicted molar refractivity (Wildman–Crippen MR) is 62.9 cm³/mol. The summed E-state index contributed by atoms with van der Waals surface area (Å²) in [7, 11) is 0. The van der Waals surface area contributed by atoms with Crippen molar-refractivity contribution in [3.63, 3.8) is 0 Å². The second-order valence-electron chi connectivity index (χ2n) is 2.83. The van der Waals surface area contributed by atoms with Crippen LogP contribution in [-0.4, -0.2) is 33.4 Å². The molecule has 0 radical (unpaired) electrons. The number of alkyl halides is 1. The molecule has 0 saturated heterocycles. The second-order valence-corrected chi connectivity index (χ2v) is 5.81. The van der Waals surface area contributed by atoms with Gasteiger partial charge in [0.1, 0.15) is 0 Å². The van der Waals surface area contributed by atoms with Crippen LogP contribution < -0.4 is 4.46 Å². The summed E-state index contributed by atoms with van der Waals surface area (Å²) in [5, 5.41) is 0. The van der Waals surface area contributed by atoms with Crippen LogP contribution in [0.2, 0.25) is 4.82 Å². The third-order valence-electron chi connectivity index (χ3n) is 1.71. The van der Waals surface area contributed by atoms with Gasteiger partial charge in [-0.05, 0) is 0 Å². The van der Waals surface area contributed by atoms with Crippen molar-refractivity contribution in [3.8, 4) is 0 Å². The van der Waals surface area contributed by atoms with Gasteiger partial charge in [-0.25, -0.2) is 0 Å². The SMILES string of the molecule is CCOC(=O)C(CCl)[Se]c1ccccc1. The Morgan fingerprint density at radius 1 is 1.47 bits per heavy atom. The molecule has 0 aliphatic carbocycles. The van der Waals surface area contributed by atoms with E-state index >= 15 is 0 Å². The minimum atomic E-state index is -0.184. The average Bonchev–Trinajstić information content (AvgIpc) is 2.27. The number of carbonyl (C=O) groups excluding carboxylic acids is 1. The summed E-state index contributed by atoms with van der Waals surface area (Å²) >= 11 is 5.81. The Morgan fingerprint density at radius 2 is 2.13 bits per heavy atom. The van der Waals surface area contributed by atoms with Gasteiger partial charge in [0.15, 0.2) is 0 Å². The summed E-state index contributed by atoms with van der Waals surface area (Å²) < 4.78 is 6.13. The molecule has 0 aromatic heterocycles. The molecule has 1 unspecified atom stereocenters. The molecule has 0 N–H and O–H groups in total. The monoisotopic (exact) mass is 292 g/mol. The molecule has 0 heterocycles. The summed E-state index contributed by atoms with van der Waals surface area (Å²) in [6.07, 6.45) is 0. The fraction of sp³-hybridized carbons (Fsp3) is 0.364. The molecule has 0 fully saturated rings. The number of esters is 1. The van der Waals surface area contributed by atoms with Crippen LogP contribution in [0.15, 0.2) is 30.3 Å². The van der Waals surface area contributed by atoms with Gasteiger partial charge in [-0.3, -0.25) is 0 Å². The van der Waals surface area contributed by atoms with Gasteiger partial charge in [0.05, 0.1) is 0 Å². The van der Waals surface area contributed by atoms with E-state index < -0.39 is 0 Å². The number of hydrogen-bond acceptors (Lipinski definition) is 2. The Morgan fingerprint density at radius 3 is 2.67 bits per heavy atom. The number of rotatable bonds is 5. The van der Waals surface area contributed by atoms with Crippen LogP contribution in [0.25, 0.3) is 0 Å². The molecular weight excluding hydrogens is 279 g/mol. The minimum absolute atomic E-state index is 0.0509. The third kappa shape index (κ3) is 4.25. The molecule has 4 heteroatoms. The molecule has 0 saturated carbocycles. The van der Waals surface area contributed by atoms with E-state index in [4.69, 9.17) is 16.3 Å². The fourth-order valence-electron chi connectivity index (χ4n) is 1.04.